The topological polar surface area (TPSA) is 15.3 Å². The van der Waals surface area contributed by atoms with Gasteiger partial charge in [-0.15, -0.1) is 0 Å². The lowest BCUT2D eigenvalue weighted by atomic mass is 10.2. The van der Waals surface area contributed by atoms with Crippen LogP contribution in [0.3, 0.4) is 0 Å². The van der Waals surface area contributed by atoms with E-state index in [9.17, 15) is 0 Å². The molecular weight excluding hydrogens is 160 g/mol. The van der Waals surface area contributed by atoms with Crippen molar-refractivity contribution >= 4 is 5.69 Å². The smallest absolute Gasteiger partial charge is 0.0343 e. The van der Waals surface area contributed by atoms with Crippen LogP contribution in [0, 0.1) is 0 Å². The van der Waals surface area contributed by atoms with Gasteiger partial charge >= 0.3 is 0 Å². The molecule has 0 aliphatic rings. The van der Waals surface area contributed by atoms with Crippen LogP contribution in [0.15, 0.2) is 24.3 Å². The first kappa shape index (κ1) is 10.1. The molecule has 0 saturated carbocycles. The summed E-state index contributed by atoms with van der Waals surface area (Å²) in [5.74, 6) is 0. The third kappa shape index (κ3) is 3.47. The standard InChI is InChI=1S/C11H18N2/c1-4-12-11-7-5-6-10(8-11)9-13(2)3/h5-8,12H,4,9H2,1-3H3. The summed E-state index contributed by atoms with van der Waals surface area (Å²) < 4.78 is 0. The molecule has 1 aromatic carbocycles. The Labute approximate surface area is 80.6 Å². The average Bonchev–Trinajstić information content (AvgIpc) is 2.04. The third-order valence-corrected chi connectivity index (χ3v) is 1.81. The zero-order valence-electron chi connectivity index (χ0n) is 8.67. The van der Waals surface area contributed by atoms with Crippen molar-refractivity contribution in [3.8, 4) is 0 Å². The van der Waals surface area contributed by atoms with Crippen molar-refractivity contribution in [2.75, 3.05) is 26.0 Å². The Morgan fingerprint density at radius 2 is 2.08 bits per heavy atom. The molecule has 1 aromatic rings. The first-order valence-electron chi connectivity index (χ1n) is 4.70. The molecule has 0 unspecified atom stereocenters. The largest absolute Gasteiger partial charge is 0.385 e. The molecule has 0 amide bonds. The summed E-state index contributed by atoms with van der Waals surface area (Å²) in [7, 11) is 4.17. The predicted octanol–water partition coefficient (Wildman–Crippen LogP) is 2.18. The summed E-state index contributed by atoms with van der Waals surface area (Å²) in [6.45, 7) is 4.09. The highest BCUT2D eigenvalue weighted by molar-refractivity contribution is 5.45. The third-order valence-electron chi connectivity index (χ3n) is 1.81. The van der Waals surface area contributed by atoms with Crippen LogP contribution in [-0.4, -0.2) is 25.5 Å². The minimum atomic E-state index is 0.978. The molecule has 72 valence electrons. The van der Waals surface area contributed by atoms with Crippen molar-refractivity contribution in [1.29, 1.82) is 0 Å². The van der Waals surface area contributed by atoms with Crippen molar-refractivity contribution in [2.24, 2.45) is 0 Å². The van der Waals surface area contributed by atoms with E-state index in [0.717, 1.165) is 13.1 Å². The number of hydrogen-bond acceptors (Lipinski definition) is 2. The van der Waals surface area contributed by atoms with Gasteiger partial charge in [0.1, 0.15) is 0 Å². The molecule has 0 aliphatic carbocycles. The Kier molecular flexibility index (Phi) is 3.77. The molecule has 13 heavy (non-hydrogen) atoms. The number of nitrogens with one attached hydrogen (secondary N) is 1. The van der Waals surface area contributed by atoms with Gasteiger partial charge in [-0.3, -0.25) is 0 Å². The highest BCUT2D eigenvalue weighted by atomic mass is 15.0. The molecule has 0 saturated heterocycles. The molecule has 2 nitrogen and oxygen atoms in total. The summed E-state index contributed by atoms with van der Waals surface area (Å²) >= 11 is 0. The minimum absolute atomic E-state index is 0.978. The Hall–Kier alpha value is -1.02. The maximum Gasteiger partial charge on any atom is 0.0343 e. The molecular formula is C11H18N2. The lowest BCUT2D eigenvalue weighted by Crippen LogP contribution is -2.10. The van der Waals surface area contributed by atoms with Gasteiger partial charge in [-0.25, -0.2) is 0 Å². The van der Waals surface area contributed by atoms with Gasteiger partial charge in [-0.05, 0) is 38.7 Å². The zero-order chi connectivity index (χ0) is 9.68. The van der Waals surface area contributed by atoms with Gasteiger partial charge in [0.05, 0.1) is 0 Å². The van der Waals surface area contributed by atoms with Gasteiger partial charge in [-0.1, -0.05) is 12.1 Å². The first-order chi connectivity index (χ1) is 6.22. The number of benzene rings is 1. The monoisotopic (exact) mass is 178 g/mol. The fourth-order valence-corrected chi connectivity index (χ4v) is 1.35. The van der Waals surface area contributed by atoms with Gasteiger partial charge < -0.3 is 10.2 Å². The zero-order valence-corrected chi connectivity index (χ0v) is 8.67. The Morgan fingerprint density at radius 3 is 2.69 bits per heavy atom. The fourth-order valence-electron chi connectivity index (χ4n) is 1.35. The summed E-state index contributed by atoms with van der Waals surface area (Å²) in [5, 5.41) is 3.30. The summed E-state index contributed by atoms with van der Waals surface area (Å²) in [5.41, 5.74) is 2.56. The molecule has 2 heteroatoms. The van der Waals surface area contributed by atoms with Crippen LogP contribution in [0.2, 0.25) is 0 Å². The van der Waals surface area contributed by atoms with Crippen molar-refractivity contribution in [3.63, 3.8) is 0 Å². The number of rotatable bonds is 4. The van der Waals surface area contributed by atoms with Gasteiger partial charge in [-0.2, -0.15) is 0 Å². The van der Waals surface area contributed by atoms with Crippen LogP contribution >= 0.6 is 0 Å². The van der Waals surface area contributed by atoms with Crippen LogP contribution in [0.4, 0.5) is 5.69 Å². The molecule has 0 spiro atoms. The van der Waals surface area contributed by atoms with Gasteiger partial charge in [0.25, 0.3) is 0 Å². The fraction of sp³-hybridized carbons (Fsp3) is 0.455. The van der Waals surface area contributed by atoms with E-state index in [0.29, 0.717) is 0 Å². The maximum atomic E-state index is 3.30. The Balaban J connectivity index is 2.67. The highest BCUT2D eigenvalue weighted by Crippen LogP contribution is 2.11. The number of anilines is 1. The second-order valence-corrected chi connectivity index (χ2v) is 3.47. The normalized spacial score (nSPS) is 10.5. The van der Waals surface area contributed by atoms with Crippen molar-refractivity contribution in [2.45, 2.75) is 13.5 Å². The van der Waals surface area contributed by atoms with Gasteiger partial charge in [0.2, 0.25) is 0 Å². The van der Waals surface area contributed by atoms with E-state index in [1.807, 2.05) is 0 Å². The molecule has 0 atom stereocenters. The molecule has 0 fully saturated rings. The van der Waals surface area contributed by atoms with E-state index < -0.39 is 0 Å². The molecule has 0 bridgehead atoms. The van der Waals surface area contributed by atoms with E-state index in [-0.39, 0.29) is 0 Å². The molecule has 1 N–H and O–H groups in total. The predicted molar refractivity (Wildman–Crippen MR) is 58.0 cm³/mol. The second-order valence-electron chi connectivity index (χ2n) is 3.47. The van der Waals surface area contributed by atoms with Gasteiger partial charge in [0.15, 0.2) is 0 Å². The van der Waals surface area contributed by atoms with E-state index in [2.05, 4.69) is 55.5 Å². The summed E-state index contributed by atoms with van der Waals surface area (Å²) in [6.07, 6.45) is 0. The van der Waals surface area contributed by atoms with Crippen LogP contribution in [0.25, 0.3) is 0 Å². The SMILES string of the molecule is CCNc1cccc(CN(C)C)c1. The molecule has 0 heterocycles. The number of nitrogens with zero attached hydrogens (tertiary/aromatic N) is 1. The summed E-state index contributed by atoms with van der Waals surface area (Å²) in [6, 6.07) is 8.55. The molecule has 1 rings (SSSR count). The molecule has 0 radical (unpaired) electrons. The Morgan fingerprint density at radius 1 is 1.31 bits per heavy atom. The highest BCUT2D eigenvalue weighted by Gasteiger charge is 1.95. The van der Waals surface area contributed by atoms with E-state index >= 15 is 0 Å². The van der Waals surface area contributed by atoms with E-state index in [1.54, 1.807) is 0 Å². The van der Waals surface area contributed by atoms with Crippen molar-refractivity contribution in [3.05, 3.63) is 29.8 Å². The molecule has 0 aliphatic heterocycles. The van der Waals surface area contributed by atoms with Crippen LogP contribution in [-0.2, 0) is 6.54 Å². The van der Waals surface area contributed by atoms with Crippen LogP contribution in [0.1, 0.15) is 12.5 Å². The lowest BCUT2D eigenvalue weighted by molar-refractivity contribution is 0.402. The first-order valence-corrected chi connectivity index (χ1v) is 4.70. The minimum Gasteiger partial charge on any atom is -0.385 e. The maximum absolute atomic E-state index is 3.30. The molecule has 0 aromatic heterocycles. The number of hydrogen-bond donors (Lipinski definition) is 1. The van der Waals surface area contributed by atoms with E-state index in [4.69, 9.17) is 0 Å². The quantitative estimate of drug-likeness (QED) is 0.760. The van der Waals surface area contributed by atoms with Crippen LogP contribution < -0.4 is 5.32 Å². The Bertz CT molecular complexity index is 256. The lowest BCUT2D eigenvalue weighted by Gasteiger charge is -2.11. The van der Waals surface area contributed by atoms with Crippen molar-refractivity contribution < 1.29 is 0 Å². The summed E-state index contributed by atoms with van der Waals surface area (Å²) in [4.78, 5) is 2.17. The van der Waals surface area contributed by atoms with Crippen molar-refractivity contribution in [1.82, 2.24) is 4.90 Å². The average molecular weight is 178 g/mol. The van der Waals surface area contributed by atoms with Gasteiger partial charge in [0, 0.05) is 18.8 Å². The van der Waals surface area contributed by atoms with Crippen LogP contribution in [0.5, 0.6) is 0 Å². The second kappa shape index (κ2) is 4.87. The van der Waals surface area contributed by atoms with E-state index in [1.165, 1.54) is 11.3 Å².